The third-order valence-corrected chi connectivity index (χ3v) is 5.07. The van der Waals surface area contributed by atoms with Crippen LogP contribution in [0.5, 0.6) is 0 Å². The number of aryl methyl sites for hydroxylation is 1. The van der Waals surface area contributed by atoms with E-state index in [2.05, 4.69) is 15.0 Å². The topological polar surface area (TPSA) is 81.8 Å². The van der Waals surface area contributed by atoms with Gasteiger partial charge in [0.05, 0.1) is 17.0 Å². The molecular weight excluding hydrogens is 367 g/mol. The molecule has 2 heterocycles. The normalized spacial score (nSPS) is 12.0. The lowest BCUT2D eigenvalue weighted by Crippen LogP contribution is -2.05. The number of pyridine rings is 1. The number of fused-ring (bicyclic) bond motifs is 3. The monoisotopic (exact) mass is 382 g/mol. The molecule has 4 aromatic rings. The molecule has 0 saturated heterocycles. The van der Waals surface area contributed by atoms with Crippen molar-refractivity contribution in [1.29, 1.82) is 0 Å². The smallest absolute Gasteiger partial charge is 0.221 e. The van der Waals surface area contributed by atoms with E-state index >= 15 is 0 Å². The second-order valence-electron chi connectivity index (χ2n) is 6.91. The third-order valence-electron chi connectivity index (χ3n) is 5.07. The fraction of sp³-hybridized carbons (Fsp3) is 0.0435. The van der Waals surface area contributed by atoms with E-state index in [9.17, 15) is 9.18 Å². The quantitative estimate of drug-likeness (QED) is 0.456. The second kappa shape index (κ2) is 6.31. The number of rotatable bonds is 2. The number of nitrogens with two attached hydrogens (primary N) is 1. The van der Waals surface area contributed by atoms with Crippen molar-refractivity contribution < 1.29 is 9.18 Å². The van der Waals surface area contributed by atoms with Crippen LogP contribution in [0.3, 0.4) is 0 Å². The SMILES string of the molecule is Cc1cc(-c2cccc3c2-c2nc(N)nc(-c4ccccc4)c2C3=O)cnc1F. The molecule has 0 fully saturated rings. The molecule has 0 amide bonds. The van der Waals surface area contributed by atoms with Gasteiger partial charge in [-0.3, -0.25) is 4.79 Å². The van der Waals surface area contributed by atoms with Gasteiger partial charge in [-0.25, -0.2) is 15.0 Å². The van der Waals surface area contributed by atoms with E-state index in [4.69, 9.17) is 5.73 Å². The number of hydrogen-bond acceptors (Lipinski definition) is 5. The molecule has 140 valence electrons. The molecule has 2 aromatic carbocycles. The fourth-order valence-electron chi connectivity index (χ4n) is 3.76. The molecule has 2 aromatic heterocycles. The van der Waals surface area contributed by atoms with Crippen LogP contribution in [0.1, 0.15) is 21.5 Å². The number of hydrogen-bond donors (Lipinski definition) is 1. The minimum absolute atomic E-state index is 0.0893. The molecule has 0 bridgehead atoms. The Kier molecular flexibility index (Phi) is 3.74. The highest BCUT2D eigenvalue weighted by Gasteiger charge is 2.34. The molecule has 5 nitrogen and oxygen atoms in total. The van der Waals surface area contributed by atoms with Crippen molar-refractivity contribution >= 4 is 11.7 Å². The Labute approximate surface area is 166 Å². The first-order valence-electron chi connectivity index (χ1n) is 9.08. The molecule has 1 aliphatic rings. The highest BCUT2D eigenvalue weighted by Crippen LogP contribution is 2.44. The molecule has 0 atom stereocenters. The van der Waals surface area contributed by atoms with Gasteiger partial charge in [0, 0.05) is 34.0 Å². The molecule has 0 saturated carbocycles. The molecule has 0 unspecified atom stereocenters. The largest absolute Gasteiger partial charge is 0.368 e. The summed E-state index contributed by atoms with van der Waals surface area (Å²) in [6, 6.07) is 16.6. The molecule has 0 radical (unpaired) electrons. The Bertz CT molecular complexity index is 1300. The maximum atomic E-state index is 13.7. The second-order valence-corrected chi connectivity index (χ2v) is 6.91. The van der Waals surface area contributed by atoms with Crippen LogP contribution >= 0.6 is 0 Å². The van der Waals surface area contributed by atoms with Gasteiger partial charge in [-0.1, -0.05) is 48.5 Å². The Balaban J connectivity index is 1.81. The van der Waals surface area contributed by atoms with Crippen LogP contribution in [0.25, 0.3) is 33.6 Å². The van der Waals surface area contributed by atoms with Crippen LogP contribution in [0.15, 0.2) is 60.8 Å². The number of carbonyl (C=O) groups is 1. The molecule has 1 aliphatic carbocycles. The van der Waals surface area contributed by atoms with Gasteiger partial charge in [-0.05, 0) is 18.6 Å². The first kappa shape index (κ1) is 17.2. The lowest BCUT2D eigenvalue weighted by molar-refractivity contribution is 0.104. The van der Waals surface area contributed by atoms with Gasteiger partial charge in [0.25, 0.3) is 0 Å². The first-order valence-corrected chi connectivity index (χ1v) is 9.08. The maximum Gasteiger partial charge on any atom is 0.221 e. The van der Waals surface area contributed by atoms with Crippen molar-refractivity contribution in [3.05, 3.63) is 83.4 Å². The van der Waals surface area contributed by atoms with E-state index in [1.54, 1.807) is 25.1 Å². The van der Waals surface area contributed by atoms with E-state index < -0.39 is 5.95 Å². The number of nitrogens with zero attached hydrogens (tertiary/aromatic N) is 3. The third kappa shape index (κ3) is 2.61. The van der Waals surface area contributed by atoms with E-state index in [0.29, 0.717) is 39.2 Å². The van der Waals surface area contributed by atoms with Crippen LogP contribution in [0.2, 0.25) is 0 Å². The number of ketones is 1. The lowest BCUT2D eigenvalue weighted by atomic mass is 9.96. The Hall–Kier alpha value is -3.93. The summed E-state index contributed by atoms with van der Waals surface area (Å²) >= 11 is 0. The van der Waals surface area contributed by atoms with Crippen LogP contribution in [0, 0.1) is 12.9 Å². The Morgan fingerprint density at radius 2 is 1.59 bits per heavy atom. The average molecular weight is 382 g/mol. The zero-order valence-corrected chi connectivity index (χ0v) is 15.5. The number of nitrogen functional groups attached to an aromatic ring is 1. The van der Waals surface area contributed by atoms with Crippen molar-refractivity contribution in [2.24, 2.45) is 0 Å². The first-order chi connectivity index (χ1) is 14.0. The van der Waals surface area contributed by atoms with E-state index in [0.717, 1.165) is 11.1 Å². The Morgan fingerprint density at radius 3 is 2.34 bits per heavy atom. The predicted molar refractivity (Wildman–Crippen MR) is 109 cm³/mol. The van der Waals surface area contributed by atoms with E-state index in [-0.39, 0.29) is 11.7 Å². The molecular formula is C23H15FN4O. The van der Waals surface area contributed by atoms with Gasteiger partial charge in [-0.2, -0.15) is 4.39 Å². The van der Waals surface area contributed by atoms with Gasteiger partial charge in [0.2, 0.25) is 11.9 Å². The molecule has 2 N–H and O–H groups in total. The summed E-state index contributed by atoms with van der Waals surface area (Å²) in [4.78, 5) is 25.9. The number of aromatic nitrogens is 3. The zero-order valence-electron chi connectivity index (χ0n) is 15.5. The summed E-state index contributed by atoms with van der Waals surface area (Å²) in [6.45, 7) is 1.65. The van der Waals surface area contributed by atoms with Gasteiger partial charge in [0.15, 0.2) is 5.78 Å². The van der Waals surface area contributed by atoms with Gasteiger partial charge >= 0.3 is 0 Å². The number of halogens is 1. The van der Waals surface area contributed by atoms with Crippen molar-refractivity contribution in [2.45, 2.75) is 6.92 Å². The highest BCUT2D eigenvalue weighted by molar-refractivity contribution is 6.25. The summed E-state index contributed by atoms with van der Waals surface area (Å²) in [6.07, 6.45) is 1.46. The molecule has 29 heavy (non-hydrogen) atoms. The number of carbonyl (C=O) groups excluding carboxylic acids is 1. The number of benzene rings is 2. The van der Waals surface area contributed by atoms with Crippen molar-refractivity contribution in [3.8, 4) is 33.6 Å². The summed E-state index contributed by atoms with van der Waals surface area (Å²) in [7, 11) is 0. The predicted octanol–water partition coefficient (Wildman–Crippen LogP) is 4.45. The summed E-state index contributed by atoms with van der Waals surface area (Å²) in [5.41, 5.74) is 11.3. The summed E-state index contributed by atoms with van der Waals surface area (Å²) in [5, 5.41) is 0. The highest BCUT2D eigenvalue weighted by atomic mass is 19.1. The van der Waals surface area contributed by atoms with Gasteiger partial charge in [-0.15, -0.1) is 0 Å². The van der Waals surface area contributed by atoms with Gasteiger partial charge in [0.1, 0.15) is 0 Å². The summed E-state index contributed by atoms with van der Waals surface area (Å²) < 4.78 is 13.7. The minimum Gasteiger partial charge on any atom is -0.368 e. The lowest BCUT2D eigenvalue weighted by Gasteiger charge is -2.10. The van der Waals surface area contributed by atoms with Crippen LogP contribution in [0.4, 0.5) is 10.3 Å². The Morgan fingerprint density at radius 1 is 0.862 bits per heavy atom. The zero-order chi connectivity index (χ0) is 20.1. The van der Waals surface area contributed by atoms with Crippen LogP contribution < -0.4 is 5.73 Å². The van der Waals surface area contributed by atoms with E-state index in [1.807, 2.05) is 36.4 Å². The molecule has 0 aliphatic heterocycles. The fourth-order valence-corrected chi connectivity index (χ4v) is 3.76. The van der Waals surface area contributed by atoms with Crippen LogP contribution in [-0.2, 0) is 0 Å². The molecule has 0 spiro atoms. The minimum atomic E-state index is -0.518. The van der Waals surface area contributed by atoms with Gasteiger partial charge < -0.3 is 5.73 Å². The maximum absolute atomic E-state index is 13.7. The average Bonchev–Trinajstić information content (AvgIpc) is 3.02. The van der Waals surface area contributed by atoms with Crippen molar-refractivity contribution in [1.82, 2.24) is 15.0 Å². The van der Waals surface area contributed by atoms with Crippen LogP contribution in [-0.4, -0.2) is 20.7 Å². The molecule has 6 heteroatoms. The van der Waals surface area contributed by atoms with Crippen molar-refractivity contribution in [2.75, 3.05) is 5.73 Å². The number of anilines is 1. The van der Waals surface area contributed by atoms with E-state index in [1.165, 1.54) is 6.20 Å². The summed E-state index contributed by atoms with van der Waals surface area (Å²) in [5.74, 6) is -0.579. The van der Waals surface area contributed by atoms with Crippen molar-refractivity contribution in [3.63, 3.8) is 0 Å². The standard InChI is InChI=1S/C23H15FN4O/c1-12-10-14(11-26-22(12)24)15-8-5-9-16-17(15)20-18(21(16)29)19(27-23(25)28-20)13-6-3-2-4-7-13/h2-11H,1H3,(H2,25,27,28). The molecule has 5 rings (SSSR count).